The van der Waals surface area contributed by atoms with Gasteiger partial charge in [0.05, 0.1) is 70.8 Å². The van der Waals surface area contributed by atoms with Gasteiger partial charge in [0.15, 0.2) is 0 Å². The topological polar surface area (TPSA) is 217 Å². The van der Waals surface area contributed by atoms with E-state index in [4.69, 9.17) is 41.1 Å². The van der Waals surface area contributed by atoms with E-state index in [1.165, 1.54) is 43.5 Å². The molecule has 1 aliphatic heterocycles. The highest BCUT2D eigenvalue weighted by atomic mass is 35.5. The number of carbonyl (C=O) groups is 3. The second kappa shape index (κ2) is 19.7. The molecule has 4 aromatic rings. The number of hydrogen-bond acceptors (Lipinski definition) is 12. The predicted octanol–water partition coefficient (Wildman–Crippen LogP) is 4.11. The largest absolute Gasteiger partial charge is 0.466 e. The fraction of sp³-hybridized carbons (Fsp3) is 0.286. The van der Waals surface area contributed by atoms with Crippen LogP contribution in [0.15, 0.2) is 94.6 Å². The second-order valence-electron chi connectivity index (χ2n) is 11.3. The Labute approximate surface area is 312 Å². The van der Waals surface area contributed by atoms with E-state index in [0.29, 0.717) is 60.3 Å². The van der Waals surface area contributed by atoms with Crippen molar-refractivity contribution in [3.63, 3.8) is 0 Å². The number of amidine groups is 1. The average molecular weight is 761 g/mol. The number of aromatic nitrogens is 4. The number of benzene rings is 2. The molecule has 280 valence electrons. The van der Waals surface area contributed by atoms with Crippen LogP contribution in [-0.4, -0.2) is 90.3 Å². The molecule has 0 aliphatic carbocycles. The number of methoxy groups -OCH3 is 1. The van der Waals surface area contributed by atoms with E-state index in [-0.39, 0.29) is 48.4 Å². The van der Waals surface area contributed by atoms with Crippen LogP contribution in [0, 0.1) is 5.82 Å². The van der Waals surface area contributed by atoms with E-state index >= 15 is 0 Å². The zero-order valence-corrected chi connectivity index (χ0v) is 29.6. The first kappa shape index (κ1) is 39.2. The molecule has 2 aromatic carbocycles. The van der Waals surface area contributed by atoms with Crippen molar-refractivity contribution in [1.82, 2.24) is 30.6 Å². The maximum Gasteiger partial charge on any atom is 0.338 e. The van der Waals surface area contributed by atoms with E-state index < -0.39 is 23.7 Å². The molecule has 2 amide bonds. The van der Waals surface area contributed by atoms with Crippen molar-refractivity contribution in [2.45, 2.75) is 19.2 Å². The van der Waals surface area contributed by atoms with E-state index in [2.05, 4.69) is 36.0 Å². The standard InChI is InChI=1S/C35H34ClFN10O7/c1-51-35(50)30-29(41-32(22-8-10-39-11-9-22)42-31(30)27-7-6-25(37)18-28(27)36)21-54-20-26-19-47(46-43-26)13-15-53-17-16-52-14-12-40-33(48)23-2-4-24(5-3-23)34(49)44-45-38/h2-11,18-19,31H,12-17,20-21H2,1H3,(H,40,48)(H,41,42). The number of nitrogens with one attached hydrogen (secondary N) is 2. The average Bonchev–Trinajstić information content (AvgIpc) is 3.64. The maximum atomic E-state index is 13.9. The van der Waals surface area contributed by atoms with Crippen LogP contribution in [0.25, 0.3) is 10.4 Å². The maximum absolute atomic E-state index is 13.9. The van der Waals surface area contributed by atoms with Gasteiger partial charge in [0.2, 0.25) is 5.91 Å². The van der Waals surface area contributed by atoms with Gasteiger partial charge in [0, 0.05) is 51.1 Å². The number of pyridine rings is 1. The molecule has 17 nitrogen and oxygen atoms in total. The first-order valence-electron chi connectivity index (χ1n) is 16.4. The number of amides is 2. The van der Waals surface area contributed by atoms with Gasteiger partial charge in [0.25, 0.3) is 5.91 Å². The molecular formula is C35H34ClFN10O7. The van der Waals surface area contributed by atoms with Crippen molar-refractivity contribution in [3.05, 3.63) is 134 Å². The summed E-state index contributed by atoms with van der Waals surface area (Å²) >= 11 is 6.42. The summed E-state index contributed by atoms with van der Waals surface area (Å²) in [5.41, 5.74) is 11.1. The van der Waals surface area contributed by atoms with Gasteiger partial charge in [-0.05, 0) is 47.0 Å². The number of esters is 1. The summed E-state index contributed by atoms with van der Waals surface area (Å²) in [5.74, 6) is -1.82. The van der Waals surface area contributed by atoms with Crippen molar-refractivity contribution in [3.8, 4) is 0 Å². The van der Waals surface area contributed by atoms with Crippen LogP contribution in [0.1, 0.15) is 43.6 Å². The molecule has 0 fully saturated rings. The first-order valence-corrected chi connectivity index (χ1v) is 16.8. The van der Waals surface area contributed by atoms with E-state index in [1.807, 2.05) is 0 Å². The summed E-state index contributed by atoms with van der Waals surface area (Å²) in [6.45, 7) is 1.92. The molecule has 1 aliphatic rings. The van der Waals surface area contributed by atoms with Crippen LogP contribution in [0.5, 0.6) is 0 Å². The van der Waals surface area contributed by atoms with E-state index in [9.17, 15) is 18.8 Å². The smallest absolute Gasteiger partial charge is 0.338 e. The Balaban J connectivity index is 1.05. The Morgan fingerprint density at radius 2 is 1.74 bits per heavy atom. The monoisotopic (exact) mass is 760 g/mol. The summed E-state index contributed by atoms with van der Waals surface area (Å²) in [4.78, 5) is 48.2. The molecular weight excluding hydrogens is 727 g/mol. The highest BCUT2D eigenvalue weighted by Gasteiger charge is 2.33. The summed E-state index contributed by atoms with van der Waals surface area (Å²) in [5, 5.41) is 17.3. The molecule has 3 heterocycles. The minimum Gasteiger partial charge on any atom is -0.466 e. The highest BCUT2D eigenvalue weighted by Crippen LogP contribution is 2.36. The molecule has 1 atom stereocenters. The lowest BCUT2D eigenvalue weighted by molar-refractivity contribution is -0.136. The number of aliphatic imine (C=N–C) groups is 1. The molecule has 0 bridgehead atoms. The molecule has 54 heavy (non-hydrogen) atoms. The minimum absolute atomic E-state index is 0.0566. The van der Waals surface area contributed by atoms with Gasteiger partial charge in [-0.25, -0.2) is 13.9 Å². The van der Waals surface area contributed by atoms with Gasteiger partial charge in [-0.3, -0.25) is 19.6 Å². The number of nitrogens with zero attached hydrogens (tertiary/aromatic N) is 8. The van der Waals surface area contributed by atoms with Crippen molar-refractivity contribution in [2.24, 2.45) is 10.1 Å². The normalized spacial score (nSPS) is 13.8. The number of rotatable bonds is 18. The number of azide groups is 1. The molecule has 0 saturated carbocycles. The van der Waals surface area contributed by atoms with Crippen molar-refractivity contribution in [1.29, 1.82) is 0 Å². The van der Waals surface area contributed by atoms with Crippen LogP contribution < -0.4 is 10.6 Å². The third kappa shape index (κ3) is 10.8. The van der Waals surface area contributed by atoms with Crippen LogP contribution in [-0.2, 0) is 36.9 Å². The van der Waals surface area contributed by atoms with Crippen molar-refractivity contribution < 1.29 is 37.7 Å². The number of halogens is 2. The Morgan fingerprint density at radius 1 is 1.00 bits per heavy atom. The third-order valence-electron chi connectivity index (χ3n) is 7.72. The van der Waals surface area contributed by atoms with E-state index in [1.54, 1.807) is 35.4 Å². The molecule has 0 saturated heterocycles. The fourth-order valence-corrected chi connectivity index (χ4v) is 5.39. The summed E-state index contributed by atoms with van der Waals surface area (Å²) in [6.07, 6.45) is 4.93. The van der Waals surface area contributed by atoms with Gasteiger partial charge < -0.3 is 29.6 Å². The van der Waals surface area contributed by atoms with Crippen molar-refractivity contribution >= 4 is 35.2 Å². The molecule has 2 N–H and O–H groups in total. The molecule has 19 heteroatoms. The van der Waals surface area contributed by atoms with Crippen LogP contribution in [0.4, 0.5) is 4.39 Å². The Morgan fingerprint density at radius 3 is 2.46 bits per heavy atom. The quantitative estimate of drug-likeness (QED) is 0.0484. The number of carbonyl (C=O) groups excluding carboxylic acids is 3. The lowest BCUT2D eigenvalue weighted by atomic mass is 9.95. The molecule has 5 rings (SSSR count). The summed E-state index contributed by atoms with van der Waals surface area (Å²) in [7, 11) is 1.25. The lowest BCUT2D eigenvalue weighted by Crippen LogP contribution is -2.35. The zero-order valence-electron chi connectivity index (χ0n) is 28.9. The van der Waals surface area contributed by atoms with E-state index in [0.717, 1.165) is 6.07 Å². The molecule has 2 aromatic heterocycles. The van der Waals surface area contributed by atoms with Crippen LogP contribution in [0.3, 0.4) is 0 Å². The highest BCUT2D eigenvalue weighted by molar-refractivity contribution is 6.31. The van der Waals surface area contributed by atoms with Crippen LogP contribution in [0.2, 0.25) is 5.02 Å². The molecule has 1 unspecified atom stereocenters. The number of ether oxygens (including phenoxy) is 4. The fourth-order valence-electron chi connectivity index (χ4n) is 5.12. The van der Waals surface area contributed by atoms with Crippen molar-refractivity contribution in [2.75, 3.05) is 46.7 Å². The van der Waals surface area contributed by atoms with Gasteiger partial charge in [0.1, 0.15) is 23.4 Å². The molecule has 0 spiro atoms. The van der Waals surface area contributed by atoms with Crippen LogP contribution >= 0.6 is 11.6 Å². The Kier molecular flexibility index (Phi) is 14.3. The SMILES string of the molecule is COC(=O)C1=C(COCc2cn(CCOCCOCCNC(=O)c3ccc(C(=O)N=[N+]=[N-])cc3)nn2)NC(c2ccncc2)=NC1c1ccc(F)cc1Cl. The van der Waals surface area contributed by atoms with Gasteiger partial charge in [-0.1, -0.05) is 35.0 Å². The summed E-state index contributed by atoms with van der Waals surface area (Å²) < 4.78 is 37.7. The Bertz CT molecular complexity index is 2050. The zero-order chi connectivity index (χ0) is 38.3. The second-order valence-corrected chi connectivity index (χ2v) is 11.7. The predicted molar refractivity (Wildman–Crippen MR) is 191 cm³/mol. The Hall–Kier alpha value is -6.04. The van der Waals surface area contributed by atoms with Gasteiger partial charge in [-0.2, -0.15) is 0 Å². The lowest BCUT2D eigenvalue weighted by Gasteiger charge is -2.28. The van der Waals surface area contributed by atoms with Gasteiger partial charge in [-0.15, -0.1) is 5.10 Å². The molecule has 0 radical (unpaired) electrons. The first-order chi connectivity index (χ1) is 26.3. The third-order valence-corrected chi connectivity index (χ3v) is 8.05. The summed E-state index contributed by atoms with van der Waals surface area (Å²) in [6, 6.07) is 12.2. The van der Waals surface area contributed by atoms with Gasteiger partial charge >= 0.3 is 5.97 Å². The minimum atomic E-state index is -0.914. The number of hydrogen-bond donors (Lipinski definition) is 2.